The standard InChI is InChI=1S/C14H13F5N4OS/c1-6-10(25-13(23-6)12(24)20-2)8-4-21-9(3-7(8)11(15)16)22-5-14(17,18)19/h3-4,11H,5H2,1-2H3,(H,20,24)(H,21,22). The van der Waals surface area contributed by atoms with E-state index in [2.05, 4.69) is 15.3 Å². The number of aromatic nitrogens is 2. The fourth-order valence-corrected chi connectivity index (χ4v) is 3.02. The maximum Gasteiger partial charge on any atom is 0.405 e. The van der Waals surface area contributed by atoms with Gasteiger partial charge >= 0.3 is 6.18 Å². The molecule has 0 spiro atoms. The molecule has 2 rings (SSSR count). The van der Waals surface area contributed by atoms with Crippen molar-refractivity contribution in [2.75, 3.05) is 18.9 Å². The first kappa shape index (κ1) is 19.0. The van der Waals surface area contributed by atoms with Gasteiger partial charge in [0.2, 0.25) is 0 Å². The number of amides is 1. The summed E-state index contributed by atoms with van der Waals surface area (Å²) in [5, 5.41) is 4.43. The van der Waals surface area contributed by atoms with Crippen molar-refractivity contribution in [2.24, 2.45) is 0 Å². The molecule has 0 saturated heterocycles. The first-order valence-corrected chi connectivity index (χ1v) is 7.72. The summed E-state index contributed by atoms with van der Waals surface area (Å²) in [6.07, 6.45) is -6.38. The predicted molar refractivity (Wildman–Crippen MR) is 83.0 cm³/mol. The fraction of sp³-hybridized carbons (Fsp3) is 0.357. The Bertz CT molecular complexity index is 775. The number of alkyl halides is 5. The van der Waals surface area contributed by atoms with E-state index in [0.717, 1.165) is 23.6 Å². The Kier molecular flexibility index (Phi) is 5.55. The topological polar surface area (TPSA) is 66.9 Å². The highest BCUT2D eigenvalue weighted by Gasteiger charge is 2.27. The molecule has 0 fully saturated rings. The molecule has 0 atom stereocenters. The molecule has 0 radical (unpaired) electrons. The number of nitrogens with zero attached hydrogens (tertiary/aromatic N) is 2. The van der Waals surface area contributed by atoms with Crippen molar-refractivity contribution in [2.45, 2.75) is 19.5 Å². The van der Waals surface area contributed by atoms with E-state index in [1.807, 2.05) is 5.32 Å². The highest BCUT2D eigenvalue weighted by atomic mass is 32.1. The average Bonchev–Trinajstić information content (AvgIpc) is 2.93. The van der Waals surface area contributed by atoms with Gasteiger partial charge in [-0.1, -0.05) is 0 Å². The maximum absolute atomic E-state index is 13.4. The minimum absolute atomic E-state index is 0.0257. The number of thiazole rings is 1. The number of aryl methyl sites for hydroxylation is 1. The minimum Gasteiger partial charge on any atom is -0.361 e. The Balaban J connectivity index is 2.41. The third-order valence-electron chi connectivity index (χ3n) is 3.10. The highest BCUT2D eigenvalue weighted by molar-refractivity contribution is 7.17. The quantitative estimate of drug-likeness (QED) is 0.775. The molecule has 136 valence electrons. The molecule has 1 amide bonds. The molecule has 0 saturated carbocycles. The van der Waals surface area contributed by atoms with Crippen molar-refractivity contribution >= 4 is 23.1 Å². The van der Waals surface area contributed by atoms with E-state index in [0.29, 0.717) is 10.6 Å². The molecule has 2 heterocycles. The fourth-order valence-electron chi connectivity index (χ4n) is 1.98. The van der Waals surface area contributed by atoms with Crippen molar-refractivity contribution < 1.29 is 26.7 Å². The Morgan fingerprint density at radius 3 is 2.60 bits per heavy atom. The molecule has 0 bridgehead atoms. The summed E-state index contributed by atoms with van der Waals surface area (Å²) in [6, 6.07) is 0.866. The van der Waals surface area contributed by atoms with Crippen molar-refractivity contribution in [1.29, 1.82) is 0 Å². The zero-order chi connectivity index (χ0) is 18.8. The van der Waals surface area contributed by atoms with E-state index in [4.69, 9.17) is 0 Å². The predicted octanol–water partition coefficient (Wildman–Crippen LogP) is 3.78. The lowest BCUT2D eigenvalue weighted by Gasteiger charge is -2.12. The van der Waals surface area contributed by atoms with Crippen LogP contribution in [0.1, 0.15) is 27.5 Å². The van der Waals surface area contributed by atoms with Crippen LogP contribution in [0.25, 0.3) is 10.4 Å². The molecule has 0 aliphatic carbocycles. The lowest BCUT2D eigenvalue weighted by Crippen LogP contribution is -2.21. The molecule has 25 heavy (non-hydrogen) atoms. The second-order valence-corrected chi connectivity index (χ2v) is 5.94. The van der Waals surface area contributed by atoms with Gasteiger partial charge < -0.3 is 10.6 Å². The SMILES string of the molecule is CNC(=O)c1nc(C)c(-c2cnc(NCC(F)(F)F)cc2C(F)F)s1. The molecule has 0 aliphatic rings. The smallest absolute Gasteiger partial charge is 0.361 e. The van der Waals surface area contributed by atoms with Crippen LogP contribution in [0.3, 0.4) is 0 Å². The van der Waals surface area contributed by atoms with E-state index in [9.17, 15) is 26.7 Å². The summed E-state index contributed by atoms with van der Waals surface area (Å²) < 4.78 is 63.4. The van der Waals surface area contributed by atoms with E-state index in [1.165, 1.54) is 7.05 Å². The Morgan fingerprint density at radius 2 is 2.04 bits per heavy atom. The molecule has 2 aromatic heterocycles. The Hall–Kier alpha value is -2.30. The summed E-state index contributed by atoms with van der Waals surface area (Å²) in [4.78, 5) is 19.7. The van der Waals surface area contributed by atoms with Gasteiger partial charge in [0.25, 0.3) is 12.3 Å². The monoisotopic (exact) mass is 380 g/mol. The Labute approximate surface area is 143 Å². The lowest BCUT2D eigenvalue weighted by atomic mass is 10.1. The van der Waals surface area contributed by atoms with Crippen molar-refractivity contribution in [3.8, 4) is 10.4 Å². The van der Waals surface area contributed by atoms with Crippen molar-refractivity contribution in [1.82, 2.24) is 15.3 Å². The molecule has 2 aromatic rings. The van der Waals surface area contributed by atoms with Crippen LogP contribution in [0.2, 0.25) is 0 Å². The first-order valence-electron chi connectivity index (χ1n) is 6.91. The molecule has 0 aromatic carbocycles. The number of anilines is 1. The number of nitrogens with one attached hydrogen (secondary N) is 2. The van der Waals surface area contributed by atoms with Crippen LogP contribution in [-0.4, -0.2) is 35.6 Å². The number of rotatable bonds is 5. The summed E-state index contributed by atoms with van der Waals surface area (Å²) in [6.45, 7) is 0.158. The van der Waals surface area contributed by atoms with Gasteiger partial charge in [-0.2, -0.15) is 13.2 Å². The third kappa shape index (κ3) is 4.62. The normalized spacial score (nSPS) is 11.7. The van der Waals surface area contributed by atoms with E-state index >= 15 is 0 Å². The summed E-state index contributed by atoms with van der Waals surface area (Å²) in [5.74, 6) is -0.778. The maximum atomic E-state index is 13.4. The van der Waals surface area contributed by atoms with E-state index < -0.39 is 30.6 Å². The first-order chi connectivity index (χ1) is 11.6. The second-order valence-electron chi connectivity index (χ2n) is 4.94. The number of carbonyl (C=O) groups is 1. The molecule has 2 N–H and O–H groups in total. The van der Waals surface area contributed by atoms with Crippen molar-refractivity contribution in [3.63, 3.8) is 0 Å². The zero-order valence-corrected chi connectivity index (χ0v) is 13.9. The Morgan fingerprint density at radius 1 is 1.36 bits per heavy atom. The number of halogens is 5. The molecular weight excluding hydrogens is 367 g/mol. The average molecular weight is 380 g/mol. The molecule has 0 unspecified atom stereocenters. The van der Waals surface area contributed by atoms with Gasteiger partial charge in [-0.05, 0) is 13.0 Å². The van der Waals surface area contributed by atoms with Gasteiger partial charge in [0.15, 0.2) is 5.01 Å². The van der Waals surface area contributed by atoms with Gasteiger partial charge in [-0.25, -0.2) is 18.7 Å². The number of pyridine rings is 1. The van der Waals surface area contributed by atoms with Crippen LogP contribution < -0.4 is 10.6 Å². The number of carbonyl (C=O) groups excluding carboxylic acids is 1. The van der Waals surface area contributed by atoms with Gasteiger partial charge in [0.05, 0.1) is 10.6 Å². The van der Waals surface area contributed by atoms with Crippen LogP contribution in [0.15, 0.2) is 12.3 Å². The summed E-state index contributed by atoms with van der Waals surface area (Å²) >= 11 is 0.903. The third-order valence-corrected chi connectivity index (χ3v) is 4.29. The largest absolute Gasteiger partial charge is 0.405 e. The molecule has 0 aliphatic heterocycles. The van der Waals surface area contributed by atoms with Crippen LogP contribution in [0.5, 0.6) is 0 Å². The van der Waals surface area contributed by atoms with Gasteiger partial charge in [0, 0.05) is 24.4 Å². The van der Waals surface area contributed by atoms with Crippen molar-refractivity contribution in [3.05, 3.63) is 28.5 Å². The van der Waals surface area contributed by atoms with E-state index in [1.54, 1.807) is 6.92 Å². The summed E-state index contributed by atoms with van der Waals surface area (Å²) in [5.41, 5.74) is -0.115. The molecule has 5 nitrogen and oxygen atoms in total. The summed E-state index contributed by atoms with van der Waals surface area (Å²) in [7, 11) is 1.41. The van der Waals surface area contributed by atoms with Gasteiger partial charge in [-0.3, -0.25) is 4.79 Å². The van der Waals surface area contributed by atoms with E-state index in [-0.39, 0.29) is 16.4 Å². The van der Waals surface area contributed by atoms with Gasteiger partial charge in [-0.15, -0.1) is 11.3 Å². The van der Waals surface area contributed by atoms with Crippen LogP contribution in [0, 0.1) is 6.92 Å². The van der Waals surface area contributed by atoms with Gasteiger partial charge in [0.1, 0.15) is 12.4 Å². The van der Waals surface area contributed by atoms with Crippen LogP contribution in [0.4, 0.5) is 27.8 Å². The molecule has 11 heteroatoms. The molecular formula is C14H13F5N4OS. The second kappa shape index (κ2) is 7.30. The number of hydrogen-bond acceptors (Lipinski definition) is 5. The minimum atomic E-state index is -4.50. The number of hydrogen-bond donors (Lipinski definition) is 2. The lowest BCUT2D eigenvalue weighted by molar-refractivity contribution is -0.115. The highest BCUT2D eigenvalue weighted by Crippen LogP contribution is 2.37. The zero-order valence-electron chi connectivity index (χ0n) is 13.0. The van der Waals surface area contributed by atoms with Crippen LogP contribution in [-0.2, 0) is 0 Å². The van der Waals surface area contributed by atoms with Crippen LogP contribution >= 0.6 is 11.3 Å².